The van der Waals surface area contributed by atoms with Gasteiger partial charge in [-0.15, -0.1) is 13.2 Å². The van der Waals surface area contributed by atoms with Gasteiger partial charge in [-0.25, -0.2) is 0 Å². The molecule has 1 saturated heterocycles. The molecule has 3 nitrogen and oxygen atoms in total. The first-order valence-corrected chi connectivity index (χ1v) is 7.04. The van der Waals surface area contributed by atoms with Crippen molar-refractivity contribution < 1.29 is 22.7 Å². The van der Waals surface area contributed by atoms with Crippen LogP contribution in [0.25, 0.3) is 0 Å². The molecular weight excluding hydrogens is 283 g/mol. The molecule has 6 heteroatoms. The summed E-state index contributed by atoms with van der Waals surface area (Å²) in [4.78, 5) is 12.0. The topological polar surface area (TPSA) is 38.3 Å². The first kappa shape index (κ1) is 15.8. The SMILES string of the molecule is O=C(CCC1CCCNC1)c1cccc(OC(F)(F)F)c1. The third kappa shape index (κ3) is 5.38. The summed E-state index contributed by atoms with van der Waals surface area (Å²) in [5, 5.41) is 3.28. The molecule has 1 unspecified atom stereocenters. The van der Waals surface area contributed by atoms with Crippen molar-refractivity contribution in [2.24, 2.45) is 5.92 Å². The average molecular weight is 301 g/mol. The van der Waals surface area contributed by atoms with Crippen LogP contribution in [0.1, 0.15) is 36.0 Å². The van der Waals surface area contributed by atoms with Crippen LogP contribution in [0.15, 0.2) is 24.3 Å². The van der Waals surface area contributed by atoms with E-state index in [1.807, 2.05) is 0 Å². The van der Waals surface area contributed by atoms with Gasteiger partial charge in [0.1, 0.15) is 5.75 Å². The Morgan fingerprint density at radius 1 is 1.38 bits per heavy atom. The highest BCUT2D eigenvalue weighted by Gasteiger charge is 2.31. The van der Waals surface area contributed by atoms with E-state index in [0.717, 1.165) is 38.4 Å². The summed E-state index contributed by atoms with van der Waals surface area (Å²) in [5.41, 5.74) is 0.264. The molecule has 0 aliphatic carbocycles. The zero-order chi connectivity index (χ0) is 15.3. The third-order valence-corrected chi connectivity index (χ3v) is 3.57. The van der Waals surface area contributed by atoms with Gasteiger partial charge in [0.25, 0.3) is 0 Å². The van der Waals surface area contributed by atoms with Crippen LogP contribution in [0.5, 0.6) is 5.75 Å². The second-order valence-corrected chi connectivity index (χ2v) is 5.25. The average Bonchev–Trinajstić information content (AvgIpc) is 2.44. The third-order valence-electron chi connectivity index (χ3n) is 3.57. The van der Waals surface area contributed by atoms with Gasteiger partial charge in [0, 0.05) is 12.0 Å². The Morgan fingerprint density at radius 2 is 2.19 bits per heavy atom. The number of Topliss-reactive ketones (excluding diaryl/α,β-unsaturated/α-hetero) is 1. The largest absolute Gasteiger partial charge is 0.573 e. The molecule has 1 aliphatic heterocycles. The van der Waals surface area contributed by atoms with Crippen molar-refractivity contribution in [2.45, 2.75) is 32.0 Å². The van der Waals surface area contributed by atoms with E-state index < -0.39 is 6.36 Å². The van der Waals surface area contributed by atoms with Crippen LogP contribution in [0.2, 0.25) is 0 Å². The zero-order valence-electron chi connectivity index (χ0n) is 11.6. The van der Waals surface area contributed by atoms with Gasteiger partial charge in [-0.05, 0) is 50.4 Å². The number of nitrogens with one attached hydrogen (secondary N) is 1. The van der Waals surface area contributed by atoms with E-state index in [4.69, 9.17) is 0 Å². The van der Waals surface area contributed by atoms with E-state index in [1.165, 1.54) is 18.2 Å². The van der Waals surface area contributed by atoms with Gasteiger partial charge in [-0.1, -0.05) is 12.1 Å². The summed E-state index contributed by atoms with van der Waals surface area (Å²) in [6, 6.07) is 5.26. The van der Waals surface area contributed by atoms with E-state index in [0.29, 0.717) is 12.3 Å². The van der Waals surface area contributed by atoms with Crippen LogP contribution in [-0.4, -0.2) is 25.2 Å². The highest BCUT2D eigenvalue weighted by Crippen LogP contribution is 2.24. The number of benzene rings is 1. The molecule has 0 aromatic heterocycles. The monoisotopic (exact) mass is 301 g/mol. The fourth-order valence-corrected chi connectivity index (χ4v) is 2.52. The number of carbonyl (C=O) groups excluding carboxylic acids is 1. The first-order valence-electron chi connectivity index (χ1n) is 7.04. The predicted molar refractivity (Wildman–Crippen MR) is 72.3 cm³/mol. The lowest BCUT2D eigenvalue weighted by Crippen LogP contribution is -2.30. The van der Waals surface area contributed by atoms with E-state index in [9.17, 15) is 18.0 Å². The molecular formula is C15H18F3NO2. The van der Waals surface area contributed by atoms with E-state index in [1.54, 1.807) is 0 Å². The van der Waals surface area contributed by atoms with Crippen molar-refractivity contribution in [3.8, 4) is 5.75 Å². The predicted octanol–water partition coefficient (Wildman–Crippen LogP) is 3.55. The Labute approximate surface area is 121 Å². The zero-order valence-corrected chi connectivity index (χ0v) is 11.6. The maximum atomic E-state index is 12.2. The number of hydrogen-bond acceptors (Lipinski definition) is 3. The minimum Gasteiger partial charge on any atom is -0.406 e. The molecule has 1 fully saturated rings. The number of carbonyl (C=O) groups is 1. The van der Waals surface area contributed by atoms with Crippen molar-refractivity contribution in [3.63, 3.8) is 0 Å². The first-order chi connectivity index (χ1) is 9.94. The number of halogens is 3. The summed E-state index contributed by atoms with van der Waals surface area (Å²) in [5.74, 6) is -0.0295. The molecule has 1 heterocycles. The molecule has 21 heavy (non-hydrogen) atoms. The van der Waals surface area contributed by atoms with Gasteiger partial charge >= 0.3 is 6.36 Å². The van der Waals surface area contributed by atoms with Gasteiger partial charge in [-0.3, -0.25) is 4.79 Å². The summed E-state index contributed by atoms with van der Waals surface area (Å²) in [6.07, 6.45) is -1.43. The molecule has 2 rings (SSSR count). The number of alkyl halides is 3. The number of ether oxygens (including phenoxy) is 1. The Hall–Kier alpha value is -1.56. The van der Waals surface area contributed by atoms with Crippen molar-refractivity contribution in [1.82, 2.24) is 5.32 Å². The number of hydrogen-bond donors (Lipinski definition) is 1. The van der Waals surface area contributed by atoms with Gasteiger partial charge in [0.2, 0.25) is 0 Å². The van der Waals surface area contributed by atoms with E-state index in [-0.39, 0.29) is 17.1 Å². The highest BCUT2D eigenvalue weighted by atomic mass is 19.4. The molecule has 0 radical (unpaired) electrons. The molecule has 1 aromatic carbocycles. The molecule has 1 N–H and O–H groups in total. The molecule has 0 bridgehead atoms. The molecule has 1 atom stereocenters. The summed E-state index contributed by atoms with van der Waals surface area (Å²) in [7, 11) is 0. The lowest BCUT2D eigenvalue weighted by Gasteiger charge is -2.22. The van der Waals surface area contributed by atoms with E-state index >= 15 is 0 Å². The summed E-state index contributed by atoms with van der Waals surface area (Å²) < 4.78 is 40.3. The standard InChI is InChI=1S/C15H18F3NO2/c16-15(17,18)21-13-5-1-4-12(9-13)14(20)7-6-11-3-2-8-19-10-11/h1,4-5,9,11,19H,2-3,6-8,10H2. The second-order valence-electron chi connectivity index (χ2n) is 5.25. The van der Waals surface area contributed by atoms with Gasteiger partial charge in [0.05, 0.1) is 0 Å². The van der Waals surface area contributed by atoms with Crippen LogP contribution in [0.3, 0.4) is 0 Å². The van der Waals surface area contributed by atoms with Crippen LogP contribution >= 0.6 is 0 Å². The highest BCUT2D eigenvalue weighted by molar-refractivity contribution is 5.96. The van der Waals surface area contributed by atoms with Crippen molar-refractivity contribution >= 4 is 5.78 Å². The molecule has 0 amide bonds. The van der Waals surface area contributed by atoms with Crippen LogP contribution in [-0.2, 0) is 0 Å². The maximum absolute atomic E-state index is 12.2. The minimum atomic E-state index is -4.74. The fraction of sp³-hybridized carbons (Fsp3) is 0.533. The van der Waals surface area contributed by atoms with Crippen LogP contribution in [0, 0.1) is 5.92 Å². The smallest absolute Gasteiger partial charge is 0.406 e. The van der Waals surface area contributed by atoms with Crippen molar-refractivity contribution in [3.05, 3.63) is 29.8 Å². The number of ketones is 1. The minimum absolute atomic E-state index is 0.145. The quantitative estimate of drug-likeness (QED) is 0.845. The number of rotatable bonds is 5. The molecule has 116 valence electrons. The van der Waals surface area contributed by atoms with Gasteiger partial charge in [0.15, 0.2) is 5.78 Å². The normalized spacial score (nSPS) is 19.3. The molecule has 1 aromatic rings. The lowest BCUT2D eigenvalue weighted by molar-refractivity contribution is -0.274. The van der Waals surface area contributed by atoms with E-state index in [2.05, 4.69) is 10.1 Å². The fourth-order valence-electron chi connectivity index (χ4n) is 2.52. The van der Waals surface area contributed by atoms with Gasteiger partial charge < -0.3 is 10.1 Å². The Bertz CT molecular complexity index is 482. The molecule has 0 spiro atoms. The Morgan fingerprint density at radius 3 is 2.86 bits per heavy atom. The van der Waals surface area contributed by atoms with Crippen molar-refractivity contribution in [1.29, 1.82) is 0 Å². The molecule has 0 saturated carbocycles. The molecule has 1 aliphatic rings. The Kier molecular flexibility index (Phi) is 5.22. The summed E-state index contributed by atoms with van der Waals surface area (Å²) in [6.45, 7) is 1.92. The van der Waals surface area contributed by atoms with Crippen LogP contribution in [0.4, 0.5) is 13.2 Å². The van der Waals surface area contributed by atoms with Crippen LogP contribution < -0.4 is 10.1 Å². The maximum Gasteiger partial charge on any atom is 0.573 e. The lowest BCUT2D eigenvalue weighted by atomic mass is 9.92. The summed E-state index contributed by atoms with van der Waals surface area (Å²) >= 11 is 0. The second kappa shape index (κ2) is 6.93. The Balaban J connectivity index is 1.91. The number of piperidine rings is 1. The van der Waals surface area contributed by atoms with Gasteiger partial charge in [-0.2, -0.15) is 0 Å². The van der Waals surface area contributed by atoms with Crippen molar-refractivity contribution in [2.75, 3.05) is 13.1 Å².